The molecular formula is C27H22F5IN2O4. The average Bonchev–Trinajstić information content (AvgIpc) is 3.64. The molecule has 2 atom stereocenters. The second-order valence-corrected chi connectivity index (χ2v) is 10.3. The van der Waals surface area contributed by atoms with Crippen LogP contribution in [-0.4, -0.2) is 32.9 Å². The molecule has 3 aromatic rings. The maximum atomic E-state index is 14.9. The minimum atomic E-state index is -4.30. The number of hydrogen-bond acceptors (Lipinski definition) is 3. The lowest BCUT2D eigenvalue weighted by molar-refractivity contribution is -0.192. The Bertz CT molecular complexity index is 1350. The van der Waals surface area contributed by atoms with Gasteiger partial charge < -0.3 is 20.5 Å². The average molecular weight is 660 g/mol. The predicted molar refractivity (Wildman–Crippen MR) is 139 cm³/mol. The zero-order valence-corrected chi connectivity index (χ0v) is 22.2. The van der Waals surface area contributed by atoms with Crippen molar-refractivity contribution in [2.24, 2.45) is 0 Å². The smallest absolute Gasteiger partial charge is 0.439 e. The maximum Gasteiger partial charge on any atom is 0.439 e. The van der Waals surface area contributed by atoms with E-state index in [-0.39, 0.29) is 30.4 Å². The van der Waals surface area contributed by atoms with Crippen LogP contribution in [0.5, 0.6) is 5.75 Å². The number of carbonyl (C=O) groups excluding carboxylic acids is 1. The molecule has 4 rings (SSSR count). The number of amides is 2. The number of nitrogens with one attached hydrogen (secondary N) is 2. The van der Waals surface area contributed by atoms with Gasteiger partial charge in [-0.05, 0) is 76.4 Å². The molecule has 206 valence electrons. The summed E-state index contributed by atoms with van der Waals surface area (Å²) in [6.07, 6.45) is -4.02. The van der Waals surface area contributed by atoms with Crippen LogP contribution in [0.15, 0.2) is 72.8 Å². The molecule has 6 nitrogen and oxygen atoms in total. The highest BCUT2D eigenvalue weighted by atomic mass is 127. The molecule has 0 heterocycles. The van der Waals surface area contributed by atoms with Gasteiger partial charge in [0.1, 0.15) is 22.9 Å². The summed E-state index contributed by atoms with van der Waals surface area (Å²) >= 11 is 0.828. The first-order chi connectivity index (χ1) is 18.3. The summed E-state index contributed by atoms with van der Waals surface area (Å²) in [5.41, 5.74) is -2.50. The summed E-state index contributed by atoms with van der Waals surface area (Å²) in [5.74, 6) is -3.61. The number of aliphatic carboxylic acids is 1. The second kappa shape index (κ2) is 11.0. The van der Waals surface area contributed by atoms with Crippen LogP contribution in [0, 0.1) is 11.6 Å². The Morgan fingerprint density at radius 2 is 1.62 bits per heavy atom. The van der Waals surface area contributed by atoms with Gasteiger partial charge in [0.25, 0.3) is 4.18 Å². The van der Waals surface area contributed by atoms with Crippen molar-refractivity contribution >= 4 is 34.6 Å². The van der Waals surface area contributed by atoms with Gasteiger partial charge in [0, 0.05) is 12.5 Å². The molecule has 3 aromatic carbocycles. The van der Waals surface area contributed by atoms with E-state index in [1.807, 2.05) is 0 Å². The monoisotopic (exact) mass is 660 g/mol. The van der Waals surface area contributed by atoms with E-state index in [9.17, 15) is 36.6 Å². The van der Waals surface area contributed by atoms with E-state index >= 15 is 0 Å². The molecule has 3 N–H and O–H groups in total. The van der Waals surface area contributed by atoms with Crippen molar-refractivity contribution in [1.82, 2.24) is 10.6 Å². The van der Waals surface area contributed by atoms with Crippen molar-refractivity contribution in [3.63, 3.8) is 0 Å². The Morgan fingerprint density at radius 1 is 0.974 bits per heavy atom. The van der Waals surface area contributed by atoms with E-state index in [0.717, 1.165) is 46.9 Å². The molecule has 0 aromatic heterocycles. The first kappa shape index (κ1) is 28.6. The Labute approximate surface area is 233 Å². The summed E-state index contributed by atoms with van der Waals surface area (Å²) < 4.78 is 72.2. The van der Waals surface area contributed by atoms with Crippen LogP contribution in [0.2, 0.25) is 0 Å². The molecule has 0 radical (unpaired) electrons. The SMILES string of the molecule is O=C(NC1(C(=O)O)CC1)N[C@](Cc1ccccc1)(c1ccc(F)cc1)c1cc(F)cc(OC(F)(F)C(F)I)c1. The Kier molecular flexibility index (Phi) is 8.05. The first-order valence-electron chi connectivity index (χ1n) is 11.6. The van der Waals surface area contributed by atoms with Crippen molar-refractivity contribution in [3.8, 4) is 5.75 Å². The van der Waals surface area contributed by atoms with E-state index in [2.05, 4.69) is 15.4 Å². The zero-order valence-electron chi connectivity index (χ0n) is 20.1. The summed E-state index contributed by atoms with van der Waals surface area (Å²) in [6, 6.07) is 15.1. The summed E-state index contributed by atoms with van der Waals surface area (Å²) in [6.45, 7) is 0. The maximum absolute atomic E-state index is 14.9. The number of rotatable bonds is 10. The molecular weight excluding hydrogens is 638 g/mol. The number of benzene rings is 3. The van der Waals surface area contributed by atoms with E-state index in [1.165, 1.54) is 12.1 Å². The van der Waals surface area contributed by atoms with Crippen LogP contribution < -0.4 is 15.4 Å². The van der Waals surface area contributed by atoms with Crippen LogP contribution in [-0.2, 0) is 16.8 Å². The fourth-order valence-electron chi connectivity index (χ4n) is 4.23. The number of ether oxygens (including phenoxy) is 1. The van der Waals surface area contributed by atoms with Crippen molar-refractivity contribution in [2.45, 2.75) is 40.6 Å². The topological polar surface area (TPSA) is 87.7 Å². The van der Waals surface area contributed by atoms with Gasteiger partial charge in [0.15, 0.2) is 0 Å². The molecule has 1 aliphatic rings. The third-order valence-corrected chi connectivity index (χ3v) is 7.09. The van der Waals surface area contributed by atoms with Crippen LogP contribution in [0.3, 0.4) is 0 Å². The van der Waals surface area contributed by atoms with Crippen LogP contribution in [0.4, 0.5) is 26.7 Å². The minimum Gasteiger partial charge on any atom is -0.480 e. The van der Waals surface area contributed by atoms with Gasteiger partial charge in [0.05, 0.1) is 5.54 Å². The standard InChI is InChI=1S/C27H22F5IN2O4/c28-19-8-6-17(7-9-19)26(15-16-4-2-1-3-5-16,35-24(38)34-25(10-11-25)23(36)37)18-12-20(29)14-21(13-18)39-27(31,32)22(30)33/h1-9,12-14,22H,10-11,15H2,(H,36,37)(H2,34,35,38)/t22?,26-/m1/s1. The van der Waals surface area contributed by atoms with Crippen LogP contribution in [0.1, 0.15) is 29.5 Å². The van der Waals surface area contributed by atoms with Gasteiger partial charge in [-0.15, -0.1) is 0 Å². The predicted octanol–water partition coefficient (Wildman–Crippen LogP) is 6.07. The summed E-state index contributed by atoms with van der Waals surface area (Å²) in [7, 11) is 0. The van der Waals surface area contributed by atoms with Gasteiger partial charge in [-0.3, -0.25) is 0 Å². The third-order valence-electron chi connectivity index (χ3n) is 6.36. The number of carbonyl (C=O) groups is 2. The zero-order chi connectivity index (χ0) is 28.4. The number of urea groups is 1. The number of alkyl halides is 4. The molecule has 1 unspecified atom stereocenters. The molecule has 12 heteroatoms. The number of hydrogen-bond donors (Lipinski definition) is 3. The fourth-order valence-corrected chi connectivity index (χ4v) is 4.35. The quantitative estimate of drug-likeness (QED) is 0.140. The molecule has 39 heavy (non-hydrogen) atoms. The van der Waals surface area contributed by atoms with E-state index in [1.54, 1.807) is 30.3 Å². The lowest BCUT2D eigenvalue weighted by atomic mass is 9.77. The Balaban J connectivity index is 1.88. The number of carboxylic acid groups (broad SMARTS) is 1. The number of halogens is 6. The van der Waals surface area contributed by atoms with Gasteiger partial charge in [0.2, 0.25) is 0 Å². The van der Waals surface area contributed by atoms with Crippen molar-refractivity contribution < 1.29 is 41.4 Å². The normalized spacial score (nSPS) is 16.5. The highest BCUT2D eigenvalue weighted by Crippen LogP contribution is 2.39. The third kappa shape index (κ3) is 6.43. The van der Waals surface area contributed by atoms with Crippen molar-refractivity contribution in [1.29, 1.82) is 0 Å². The molecule has 1 aliphatic carbocycles. The van der Waals surface area contributed by atoms with Crippen LogP contribution >= 0.6 is 22.6 Å². The summed E-state index contributed by atoms with van der Waals surface area (Å²) in [5, 5.41) is 14.6. The van der Waals surface area contributed by atoms with E-state index in [4.69, 9.17) is 0 Å². The van der Waals surface area contributed by atoms with Crippen molar-refractivity contribution in [3.05, 3.63) is 101 Å². The lowest BCUT2D eigenvalue weighted by Crippen LogP contribution is -2.56. The molecule has 2 amide bonds. The van der Waals surface area contributed by atoms with Gasteiger partial charge in [-0.2, -0.15) is 8.78 Å². The molecule has 0 saturated heterocycles. The number of carboxylic acids is 1. The largest absolute Gasteiger partial charge is 0.480 e. The molecule has 0 spiro atoms. The van der Waals surface area contributed by atoms with Crippen LogP contribution in [0.25, 0.3) is 0 Å². The van der Waals surface area contributed by atoms with Gasteiger partial charge in [-0.25, -0.2) is 22.8 Å². The van der Waals surface area contributed by atoms with Crippen molar-refractivity contribution in [2.75, 3.05) is 0 Å². The Hall–Kier alpha value is -3.42. The highest BCUT2D eigenvalue weighted by molar-refractivity contribution is 14.1. The molecule has 1 saturated carbocycles. The fraction of sp³-hybridized carbons (Fsp3) is 0.259. The minimum absolute atomic E-state index is 0.0930. The van der Waals surface area contributed by atoms with Gasteiger partial charge >= 0.3 is 18.1 Å². The summed E-state index contributed by atoms with van der Waals surface area (Å²) in [4.78, 5) is 24.9. The molecule has 0 bridgehead atoms. The van der Waals surface area contributed by atoms with E-state index < -0.39 is 50.7 Å². The molecule has 0 aliphatic heterocycles. The molecule has 1 fully saturated rings. The second-order valence-electron chi connectivity index (χ2n) is 9.18. The van der Waals surface area contributed by atoms with Gasteiger partial charge in [-0.1, -0.05) is 42.5 Å². The lowest BCUT2D eigenvalue weighted by Gasteiger charge is -2.37. The first-order valence-corrected chi connectivity index (χ1v) is 12.9. The Morgan fingerprint density at radius 3 is 2.18 bits per heavy atom. The highest BCUT2D eigenvalue weighted by Gasteiger charge is 2.52. The van der Waals surface area contributed by atoms with E-state index in [0.29, 0.717) is 11.6 Å².